The third-order valence-electron chi connectivity index (χ3n) is 6.89. The Hall–Kier alpha value is -4.32. The fourth-order valence-electron chi connectivity index (χ4n) is 5.10. The van der Waals surface area contributed by atoms with E-state index in [2.05, 4.69) is 18.7 Å². The van der Waals surface area contributed by atoms with E-state index < -0.39 is 0 Å². The number of nitrogens with zero attached hydrogens (tertiary/aromatic N) is 3. The maximum absolute atomic E-state index is 13.1. The first kappa shape index (κ1) is 24.4. The molecule has 2 amide bonds. The van der Waals surface area contributed by atoms with Crippen LogP contribution in [0.25, 0.3) is 10.8 Å². The van der Waals surface area contributed by atoms with Crippen LogP contribution in [-0.2, 0) is 16.1 Å². The molecule has 0 saturated carbocycles. The summed E-state index contributed by atoms with van der Waals surface area (Å²) in [5, 5.41) is 1.73. The van der Waals surface area contributed by atoms with E-state index in [1.54, 1.807) is 23.6 Å². The summed E-state index contributed by atoms with van der Waals surface area (Å²) in [6, 6.07) is 25.6. The van der Waals surface area contributed by atoms with Crippen LogP contribution in [0.1, 0.15) is 33.3 Å². The van der Waals surface area contributed by atoms with Gasteiger partial charge in [0, 0.05) is 55.5 Å². The van der Waals surface area contributed by atoms with Gasteiger partial charge in [-0.1, -0.05) is 54.6 Å². The first-order valence-corrected chi connectivity index (χ1v) is 12.7. The van der Waals surface area contributed by atoms with Crippen molar-refractivity contribution in [3.8, 4) is 11.5 Å². The number of anilines is 4. The smallest absolute Gasteiger partial charge is 0.228 e. The van der Waals surface area contributed by atoms with Crippen molar-refractivity contribution in [2.45, 2.75) is 34.2 Å². The van der Waals surface area contributed by atoms with Crippen molar-refractivity contribution in [2.24, 2.45) is 0 Å². The predicted molar refractivity (Wildman–Crippen MR) is 150 cm³/mol. The van der Waals surface area contributed by atoms with E-state index in [0.29, 0.717) is 29.4 Å². The molecule has 0 unspecified atom stereocenters. The van der Waals surface area contributed by atoms with Gasteiger partial charge < -0.3 is 14.5 Å². The number of ether oxygens (including phenoxy) is 1. The first-order chi connectivity index (χ1) is 17.9. The lowest BCUT2D eigenvalue weighted by atomic mass is 10.0. The van der Waals surface area contributed by atoms with E-state index in [1.165, 1.54) is 0 Å². The molecule has 1 aliphatic rings. The summed E-state index contributed by atoms with van der Waals surface area (Å²) in [5.41, 5.74) is 4.21. The Kier molecular flexibility index (Phi) is 6.57. The van der Waals surface area contributed by atoms with Crippen LogP contribution in [0.5, 0.6) is 11.5 Å². The summed E-state index contributed by atoms with van der Waals surface area (Å²) in [7, 11) is 0. The zero-order valence-corrected chi connectivity index (χ0v) is 21.7. The molecule has 188 valence electrons. The standard InChI is InChI=1S/C31H31N3O3/c1-5-32(6-2)24-16-17-27-29(18-24)37-30-19-28(33(21(3)35)20-23-12-8-7-9-13-23)25-14-10-11-15-26(25)31(30)34(27)22(4)36/h7-19H,5-6,20H2,1-4H3. The molecule has 1 heterocycles. The number of rotatable bonds is 6. The summed E-state index contributed by atoms with van der Waals surface area (Å²) < 4.78 is 6.51. The van der Waals surface area contributed by atoms with Gasteiger partial charge in [0.25, 0.3) is 0 Å². The van der Waals surface area contributed by atoms with Crippen LogP contribution in [0.3, 0.4) is 0 Å². The summed E-state index contributed by atoms with van der Waals surface area (Å²) in [6.45, 7) is 9.53. The van der Waals surface area contributed by atoms with Crippen LogP contribution in [0, 0.1) is 0 Å². The maximum Gasteiger partial charge on any atom is 0.228 e. The fourth-order valence-corrected chi connectivity index (χ4v) is 5.10. The van der Waals surface area contributed by atoms with E-state index in [-0.39, 0.29) is 11.8 Å². The third kappa shape index (κ3) is 4.40. The molecule has 0 N–H and O–H groups in total. The van der Waals surface area contributed by atoms with Crippen LogP contribution in [0.2, 0.25) is 0 Å². The van der Waals surface area contributed by atoms with Gasteiger partial charge in [0.15, 0.2) is 11.5 Å². The number of benzene rings is 4. The zero-order valence-electron chi connectivity index (χ0n) is 21.7. The van der Waals surface area contributed by atoms with E-state index in [4.69, 9.17) is 4.74 Å². The van der Waals surface area contributed by atoms with E-state index in [1.807, 2.05) is 78.9 Å². The van der Waals surface area contributed by atoms with Crippen LogP contribution in [-0.4, -0.2) is 24.9 Å². The Bertz CT molecular complexity index is 1480. The molecule has 0 bridgehead atoms. The van der Waals surface area contributed by atoms with Gasteiger partial charge in [0.2, 0.25) is 11.8 Å². The lowest BCUT2D eigenvalue weighted by molar-refractivity contribution is -0.117. The average molecular weight is 494 g/mol. The molecular formula is C31H31N3O3. The molecule has 0 atom stereocenters. The fraction of sp³-hybridized carbons (Fsp3) is 0.226. The van der Waals surface area contributed by atoms with Crippen molar-refractivity contribution < 1.29 is 14.3 Å². The van der Waals surface area contributed by atoms with Gasteiger partial charge in [0.1, 0.15) is 0 Å². The first-order valence-electron chi connectivity index (χ1n) is 12.7. The number of fused-ring (bicyclic) bond motifs is 4. The third-order valence-corrected chi connectivity index (χ3v) is 6.89. The Balaban J connectivity index is 1.71. The van der Waals surface area contributed by atoms with E-state index >= 15 is 0 Å². The minimum atomic E-state index is -0.105. The normalized spacial score (nSPS) is 11.9. The van der Waals surface area contributed by atoms with Gasteiger partial charge in [0.05, 0.1) is 23.6 Å². The maximum atomic E-state index is 13.1. The molecule has 0 aromatic heterocycles. The highest BCUT2D eigenvalue weighted by atomic mass is 16.5. The van der Waals surface area contributed by atoms with Gasteiger partial charge >= 0.3 is 0 Å². The second-order valence-electron chi connectivity index (χ2n) is 9.16. The van der Waals surface area contributed by atoms with Crippen LogP contribution in [0.4, 0.5) is 22.7 Å². The topological polar surface area (TPSA) is 53.1 Å². The van der Waals surface area contributed by atoms with Crippen molar-refractivity contribution in [1.29, 1.82) is 0 Å². The Morgan fingerprint density at radius 2 is 1.49 bits per heavy atom. The molecule has 37 heavy (non-hydrogen) atoms. The van der Waals surface area contributed by atoms with Crippen LogP contribution >= 0.6 is 0 Å². The molecule has 6 nitrogen and oxygen atoms in total. The molecule has 4 aromatic carbocycles. The second-order valence-corrected chi connectivity index (χ2v) is 9.16. The second kappa shape index (κ2) is 9.97. The van der Waals surface area contributed by atoms with E-state index in [9.17, 15) is 9.59 Å². The van der Waals surface area contributed by atoms with Crippen molar-refractivity contribution in [3.63, 3.8) is 0 Å². The SMILES string of the molecule is CCN(CC)c1ccc2c(c1)Oc1cc(N(Cc3ccccc3)C(C)=O)c3ccccc3c1N2C(C)=O. The van der Waals surface area contributed by atoms with Gasteiger partial charge in [-0.05, 0) is 31.5 Å². The Labute approximate surface area is 217 Å². The lowest BCUT2D eigenvalue weighted by Gasteiger charge is -2.34. The summed E-state index contributed by atoms with van der Waals surface area (Å²) in [5.74, 6) is 0.989. The zero-order chi connectivity index (χ0) is 26.1. The highest BCUT2D eigenvalue weighted by molar-refractivity contribution is 6.16. The van der Waals surface area contributed by atoms with Crippen LogP contribution in [0.15, 0.2) is 78.9 Å². The predicted octanol–water partition coefficient (Wildman–Crippen LogP) is 7.03. The highest BCUT2D eigenvalue weighted by Crippen LogP contribution is 2.53. The van der Waals surface area contributed by atoms with Crippen molar-refractivity contribution in [1.82, 2.24) is 0 Å². The number of hydrogen-bond acceptors (Lipinski definition) is 4. The lowest BCUT2D eigenvalue weighted by Crippen LogP contribution is -2.30. The minimum Gasteiger partial charge on any atom is -0.453 e. The summed E-state index contributed by atoms with van der Waals surface area (Å²) >= 11 is 0. The van der Waals surface area contributed by atoms with Gasteiger partial charge in [-0.2, -0.15) is 0 Å². The molecule has 0 spiro atoms. The van der Waals surface area contributed by atoms with Gasteiger partial charge in [-0.3, -0.25) is 14.5 Å². The van der Waals surface area contributed by atoms with Crippen molar-refractivity contribution in [2.75, 3.05) is 27.8 Å². The Morgan fingerprint density at radius 1 is 0.811 bits per heavy atom. The van der Waals surface area contributed by atoms with Crippen molar-refractivity contribution >= 4 is 45.3 Å². The largest absolute Gasteiger partial charge is 0.453 e. The van der Waals surface area contributed by atoms with Gasteiger partial charge in [-0.15, -0.1) is 0 Å². The highest BCUT2D eigenvalue weighted by Gasteiger charge is 2.32. The van der Waals surface area contributed by atoms with Gasteiger partial charge in [-0.25, -0.2) is 0 Å². The number of carbonyl (C=O) groups excluding carboxylic acids is 2. The molecule has 1 aliphatic heterocycles. The Morgan fingerprint density at radius 3 is 2.14 bits per heavy atom. The summed E-state index contributed by atoms with van der Waals surface area (Å²) in [4.78, 5) is 31.7. The number of hydrogen-bond donors (Lipinski definition) is 0. The molecule has 4 aromatic rings. The molecule has 0 radical (unpaired) electrons. The molecule has 0 saturated heterocycles. The molecule has 6 heteroatoms. The minimum absolute atomic E-state index is 0.0718. The molecule has 0 fully saturated rings. The number of carbonyl (C=O) groups is 2. The molecule has 0 aliphatic carbocycles. The quantitative estimate of drug-likeness (QED) is 0.289. The average Bonchev–Trinajstić information content (AvgIpc) is 2.91. The van der Waals surface area contributed by atoms with Crippen molar-refractivity contribution in [3.05, 3.63) is 84.4 Å². The monoisotopic (exact) mass is 493 g/mol. The molecule has 5 rings (SSSR count). The molecular weight excluding hydrogens is 462 g/mol. The van der Waals surface area contributed by atoms with E-state index in [0.717, 1.165) is 40.8 Å². The van der Waals surface area contributed by atoms with Crippen LogP contribution < -0.4 is 19.4 Å². The number of amides is 2. The summed E-state index contributed by atoms with van der Waals surface area (Å²) in [6.07, 6.45) is 0.